The van der Waals surface area contributed by atoms with Crippen molar-refractivity contribution in [3.63, 3.8) is 0 Å². The van der Waals surface area contributed by atoms with Gasteiger partial charge in [0.2, 0.25) is 5.91 Å². The van der Waals surface area contributed by atoms with Gasteiger partial charge in [-0.05, 0) is 47.4 Å². The molecule has 7 heteroatoms. The molecule has 2 aliphatic carbocycles. The highest BCUT2D eigenvalue weighted by Gasteiger charge is 2.47. The molecule has 0 spiro atoms. The highest BCUT2D eigenvalue weighted by molar-refractivity contribution is 5.93. The van der Waals surface area contributed by atoms with E-state index in [-0.39, 0.29) is 18.4 Å². The van der Waals surface area contributed by atoms with Crippen molar-refractivity contribution < 1.29 is 24.2 Å². The summed E-state index contributed by atoms with van der Waals surface area (Å²) in [6.45, 7) is 3.81. The maximum Gasteiger partial charge on any atom is 0.408 e. The number of hydrogen-bond acceptors (Lipinski definition) is 4. The normalized spacial score (nSPS) is 17.6. The number of amides is 2. The molecule has 3 N–H and O–H groups in total. The van der Waals surface area contributed by atoms with Crippen LogP contribution in [0.5, 0.6) is 0 Å². The van der Waals surface area contributed by atoms with Crippen molar-refractivity contribution in [3.8, 4) is 11.1 Å². The zero-order chi connectivity index (χ0) is 23.6. The lowest BCUT2D eigenvalue weighted by Crippen LogP contribution is -2.65. The van der Waals surface area contributed by atoms with E-state index in [4.69, 9.17) is 4.74 Å². The number of nitrogens with one attached hydrogen (secondary N) is 2. The second-order valence-corrected chi connectivity index (χ2v) is 9.06. The lowest BCUT2D eigenvalue weighted by molar-refractivity contribution is -0.145. The van der Waals surface area contributed by atoms with Gasteiger partial charge in [-0.2, -0.15) is 0 Å². The molecule has 0 saturated heterocycles. The molecule has 2 aromatic carbocycles. The minimum atomic E-state index is -1.12. The van der Waals surface area contributed by atoms with Gasteiger partial charge in [0, 0.05) is 5.92 Å². The van der Waals surface area contributed by atoms with E-state index in [1.165, 1.54) is 0 Å². The minimum Gasteiger partial charge on any atom is -0.480 e. The van der Waals surface area contributed by atoms with Crippen LogP contribution in [0.25, 0.3) is 11.1 Å². The third kappa shape index (κ3) is 4.32. The second-order valence-electron chi connectivity index (χ2n) is 9.06. The largest absolute Gasteiger partial charge is 0.480 e. The molecule has 0 aliphatic heterocycles. The summed E-state index contributed by atoms with van der Waals surface area (Å²) >= 11 is 0. The zero-order valence-corrected chi connectivity index (χ0v) is 19.0. The predicted octanol–water partition coefficient (Wildman–Crippen LogP) is 4.06. The minimum absolute atomic E-state index is 0.0730. The van der Waals surface area contributed by atoms with E-state index in [1.807, 2.05) is 43.3 Å². The van der Waals surface area contributed by atoms with E-state index in [1.54, 1.807) is 6.92 Å². The van der Waals surface area contributed by atoms with E-state index in [9.17, 15) is 19.5 Å². The SMILES string of the molecule is CC[C@H](C)[C@H](NC(=O)C1(NC(=O)OCC2c3ccccc3-c3ccccc32)CCC1)C(=O)O. The fourth-order valence-electron chi connectivity index (χ4n) is 4.73. The molecule has 2 atom stereocenters. The van der Waals surface area contributed by atoms with Crippen LogP contribution in [0.1, 0.15) is 56.6 Å². The molecule has 4 rings (SSSR count). The van der Waals surface area contributed by atoms with Gasteiger partial charge in [0.1, 0.15) is 18.2 Å². The molecule has 0 radical (unpaired) electrons. The fourth-order valence-corrected chi connectivity index (χ4v) is 4.73. The van der Waals surface area contributed by atoms with Crippen LogP contribution in [0.15, 0.2) is 48.5 Å². The van der Waals surface area contributed by atoms with Gasteiger partial charge in [0.05, 0.1) is 0 Å². The van der Waals surface area contributed by atoms with E-state index in [0.717, 1.165) is 28.7 Å². The molecular formula is C26H30N2O5. The second kappa shape index (κ2) is 9.25. The molecule has 33 heavy (non-hydrogen) atoms. The van der Waals surface area contributed by atoms with Crippen LogP contribution in [-0.2, 0) is 14.3 Å². The number of hydrogen-bond donors (Lipinski definition) is 3. The van der Waals surface area contributed by atoms with Crippen LogP contribution >= 0.6 is 0 Å². The van der Waals surface area contributed by atoms with Crippen molar-refractivity contribution in [3.05, 3.63) is 59.7 Å². The average Bonchev–Trinajstić information content (AvgIpc) is 3.11. The maximum absolute atomic E-state index is 13.0. The van der Waals surface area contributed by atoms with Crippen molar-refractivity contribution in [2.45, 2.75) is 57.0 Å². The Morgan fingerprint density at radius 1 is 1.06 bits per heavy atom. The van der Waals surface area contributed by atoms with E-state index in [0.29, 0.717) is 19.3 Å². The number of carboxylic acid groups (broad SMARTS) is 1. The molecule has 1 fully saturated rings. The van der Waals surface area contributed by atoms with Gasteiger partial charge < -0.3 is 20.5 Å². The van der Waals surface area contributed by atoms with Crippen LogP contribution < -0.4 is 10.6 Å². The lowest BCUT2D eigenvalue weighted by Gasteiger charge is -2.41. The van der Waals surface area contributed by atoms with Crippen LogP contribution in [-0.4, -0.2) is 41.3 Å². The zero-order valence-electron chi connectivity index (χ0n) is 19.0. The Bertz CT molecular complexity index is 1020. The quantitative estimate of drug-likeness (QED) is 0.563. The summed E-state index contributed by atoms with van der Waals surface area (Å²) in [6, 6.07) is 15.2. The molecule has 2 amide bonds. The number of carboxylic acids is 1. The molecule has 0 aromatic heterocycles. The Morgan fingerprint density at radius 3 is 2.12 bits per heavy atom. The van der Waals surface area contributed by atoms with Gasteiger partial charge in [0.25, 0.3) is 0 Å². The topological polar surface area (TPSA) is 105 Å². The van der Waals surface area contributed by atoms with Crippen molar-refractivity contribution in [2.24, 2.45) is 5.92 Å². The Hall–Kier alpha value is -3.35. The number of ether oxygens (including phenoxy) is 1. The summed E-state index contributed by atoms with van der Waals surface area (Å²) in [5.41, 5.74) is 3.38. The standard InChI is InChI=1S/C26H30N2O5/c1-3-16(2)22(23(29)30)27-24(31)26(13-8-14-26)28-25(32)33-15-21-19-11-6-4-9-17(19)18-10-5-7-12-20(18)21/h4-7,9-12,16,21-22H,3,8,13-15H2,1-2H3,(H,27,31)(H,28,32)(H,29,30)/t16-,22-/m0/s1. The maximum atomic E-state index is 13.0. The third-order valence-electron chi connectivity index (χ3n) is 7.09. The third-order valence-corrected chi connectivity index (χ3v) is 7.09. The van der Waals surface area contributed by atoms with Gasteiger partial charge in [-0.3, -0.25) is 4.79 Å². The average molecular weight is 451 g/mol. The van der Waals surface area contributed by atoms with Crippen LogP contribution in [0.4, 0.5) is 4.79 Å². The summed E-state index contributed by atoms with van der Waals surface area (Å²) in [5.74, 6) is -1.84. The van der Waals surface area contributed by atoms with Gasteiger partial charge in [-0.15, -0.1) is 0 Å². The molecule has 0 heterocycles. The van der Waals surface area contributed by atoms with Gasteiger partial charge >= 0.3 is 12.1 Å². The van der Waals surface area contributed by atoms with Crippen molar-refractivity contribution in [1.82, 2.24) is 10.6 Å². The van der Waals surface area contributed by atoms with Gasteiger partial charge in [-0.1, -0.05) is 68.8 Å². The van der Waals surface area contributed by atoms with Crippen molar-refractivity contribution in [2.75, 3.05) is 6.61 Å². The Labute approximate surface area is 193 Å². The van der Waals surface area contributed by atoms with E-state index >= 15 is 0 Å². The number of alkyl carbamates (subject to hydrolysis) is 1. The summed E-state index contributed by atoms with van der Waals surface area (Å²) in [5, 5.41) is 14.9. The number of fused-ring (bicyclic) bond motifs is 3. The van der Waals surface area contributed by atoms with Gasteiger partial charge in [-0.25, -0.2) is 9.59 Å². The first-order valence-electron chi connectivity index (χ1n) is 11.5. The summed E-state index contributed by atoms with van der Waals surface area (Å²) in [6.07, 6.45) is 1.63. The van der Waals surface area contributed by atoms with Crippen molar-refractivity contribution >= 4 is 18.0 Å². The van der Waals surface area contributed by atoms with Crippen molar-refractivity contribution in [1.29, 1.82) is 0 Å². The predicted molar refractivity (Wildman–Crippen MR) is 124 cm³/mol. The first-order chi connectivity index (χ1) is 15.9. The summed E-state index contributed by atoms with van der Waals surface area (Å²) < 4.78 is 5.60. The lowest BCUT2D eigenvalue weighted by atomic mass is 9.75. The highest BCUT2D eigenvalue weighted by Crippen LogP contribution is 2.44. The summed E-state index contributed by atoms with van der Waals surface area (Å²) in [4.78, 5) is 37.3. The van der Waals surface area contributed by atoms with Crippen LogP contribution in [0.2, 0.25) is 0 Å². The summed E-state index contributed by atoms with van der Waals surface area (Å²) in [7, 11) is 0. The molecule has 2 aliphatic rings. The first-order valence-corrected chi connectivity index (χ1v) is 11.5. The number of aliphatic carboxylic acids is 1. The van der Waals surface area contributed by atoms with E-state index in [2.05, 4.69) is 22.8 Å². The smallest absolute Gasteiger partial charge is 0.408 e. The molecule has 174 valence electrons. The number of benzene rings is 2. The van der Waals surface area contributed by atoms with Crippen LogP contribution in [0, 0.1) is 5.92 Å². The van der Waals surface area contributed by atoms with Crippen LogP contribution in [0.3, 0.4) is 0 Å². The molecule has 0 unspecified atom stereocenters. The fraction of sp³-hybridized carbons (Fsp3) is 0.423. The molecular weight excluding hydrogens is 420 g/mol. The molecule has 2 aromatic rings. The number of carbonyl (C=O) groups excluding carboxylic acids is 2. The molecule has 0 bridgehead atoms. The Kier molecular flexibility index (Phi) is 6.40. The Balaban J connectivity index is 1.42. The molecule has 7 nitrogen and oxygen atoms in total. The number of carbonyl (C=O) groups is 3. The van der Waals surface area contributed by atoms with E-state index < -0.39 is 29.6 Å². The monoisotopic (exact) mass is 450 g/mol. The van der Waals surface area contributed by atoms with Gasteiger partial charge in [0.15, 0.2) is 0 Å². The highest BCUT2D eigenvalue weighted by atomic mass is 16.5. The molecule has 1 saturated carbocycles. The first kappa shape index (κ1) is 22.8. The Morgan fingerprint density at radius 2 is 1.64 bits per heavy atom. The number of rotatable bonds is 8.